The SMILES string of the molecule is CCc1c(F)ccc2cc(O)cc(-c3ncc4c(N5CC6CC(C(=O)OC)C6C5)nc(OC[C@@]56CCCN5C[C@H](F)C6)nc4c3F)c12. The van der Waals surface area contributed by atoms with E-state index in [9.17, 15) is 18.7 Å². The number of fused-ring (bicyclic) bond motifs is 4. The molecule has 4 aliphatic rings. The molecule has 8 rings (SSSR count). The number of halogens is 3. The van der Waals surface area contributed by atoms with Gasteiger partial charge >= 0.3 is 12.0 Å². The summed E-state index contributed by atoms with van der Waals surface area (Å²) in [7, 11) is 1.39. The van der Waals surface area contributed by atoms with E-state index in [2.05, 4.69) is 14.9 Å². The van der Waals surface area contributed by atoms with Gasteiger partial charge in [0.05, 0.1) is 24.0 Å². The first kappa shape index (κ1) is 30.2. The Morgan fingerprint density at radius 2 is 2.02 bits per heavy atom. The Morgan fingerprint density at radius 3 is 2.83 bits per heavy atom. The van der Waals surface area contributed by atoms with Crippen LogP contribution in [0.2, 0.25) is 0 Å². The van der Waals surface area contributed by atoms with Crippen LogP contribution < -0.4 is 9.64 Å². The number of methoxy groups -OCH3 is 1. The van der Waals surface area contributed by atoms with E-state index in [1.807, 2.05) is 11.8 Å². The molecule has 0 radical (unpaired) electrons. The van der Waals surface area contributed by atoms with Crippen molar-refractivity contribution in [2.75, 3.05) is 44.8 Å². The summed E-state index contributed by atoms with van der Waals surface area (Å²) in [6, 6.07) is 5.77. The highest BCUT2D eigenvalue weighted by molar-refractivity contribution is 6.01. The molecule has 1 saturated carbocycles. The van der Waals surface area contributed by atoms with Gasteiger partial charge < -0.3 is 19.5 Å². The Hall–Kier alpha value is -4.19. The summed E-state index contributed by atoms with van der Waals surface area (Å²) < 4.78 is 57.6. The van der Waals surface area contributed by atoms with Crippen molar-refractivity contribution in [1.29, 1.82) is 0 Å². The Labute approximate surface area is 269 Å². The minimum Gasteiger partial charge on any atom is -0.508 e. The zero-order valence-corrected chi connectivity index (χ0v) is 26.3. The van der Waals surface area contributed by atoms with Crippen molar-refractivity contribution in [3.63, 3.8) is 0 Å². The second-order valence-corrected chi connectivity index (χ2v) is 13.5. The third-order valence-corrected chi connectivity index (χ3v) is 11.0. The second kappa shape index (κ2) is 11.2. The van der Waals surface area contributed by atoms with Gasteiger partial charge in [-0.2, -0.15) is 9.97 Å². The van der Waals surface area contributed by atoms with Crippen LogP contribution in [0.5, 0.6) is 11.8 Å². The van der Waals surface area contributed by atoms with Gasteiger partial charge in [0.15, 0.2) is 5.82 Å². The monoisotopic (exact) mass is 647 g/mol. The average Bonchev–Trinajstić information content (AvgIpc) is 3.69. The van der Waals surface area contributed by atoms with Crippen LogP contribution in [0.25, 0.3) is 32.9 Å². The highest BCUT2D eigenvalue weighted by Crippen LogP contribution is 2.48. The first-order chi connectivity index (χ1) is 22.7. The van der Waals surface area contributed by atoms with Crippen LogP contribution in [0.15, 0.2) is 30.5 Å². The summed E-state index contributed by atoms with van der Waals surface area (Å²) in [5, 5.41) is 12.0. The van der Waals surface area contributed by atoms with E-state index in [0.29, 0.717) is 66.4 Å². The molecule has 5 heterocycles. The predicted octanol–water partition coefficient (Wildman–Crippen LogP) is 5.59. The van der Waals surface area contributed by atoms with Crippen molar-refractivity contribution in [3.8, 4) is 23.0 Å². The molecule has 47 heavy (non-hydrogen) atoms. The molecule has 3 unspecified atom stereocenters. The number of phenols is 1. The van der Waals surface area contributed by atoms with E-state index >= 15 is 4.39 Å². The number of phenolic OH excluding ortho intramolecular Hbond substituents is 1. The summed E-state index contributed by atoms with van der Waals surface area (Å²) in [4.78, 5) is 30.4. The normalized spacial score (nSPS) is 26.9. The zero-order chi connectivity index (χ0) is 32.6. The number of carbonyl (C=O) groups is 1. The number of hydrogen-bond donors (Lipinski definition) is 1. The van der Waals surface area contributed by atoms with Crippen LogP contribution in [0, 0.1) is 29.4 Å². The number of hydrogen-bond acceptors (Lipinski definition) is 9. The Morgan fingerprint density at radius 1 is 1.17 bits per heavy atom. The van der Waals surface area contributed by atoms with E-state index < -0.39 is 23.3 Å². The lowest BCUT2D eigenvalue weighted by atomic mass is 9.67. The van der Waals surface area contributed by atoms with Gasteiger partial charge in [0, 0.05) is 37.8 Å². The molecule has 9 nitrogen and oxygen atoms in total. The number of benzene rings is 2. The van der Waals surface area contributed by atoms with E-state index in [4.69, 9.17) is 14.5 Å². The summed E-state index contributed by atoms with van der Waals surface area (Å²) >= 11 is 0. The lowest BCUT2D eigenvalue weighted by Gasteiger charge is -2.36. The Bertz CT molecular complexity index is 1930. The second-order valence-electron chi connectivity index (χ2n) is 13.5. The number of aromatic nitrogens is 3. The number of aryl methyl sites for hydroxylation is 1. The van der Waals surface area contributed by atoms with Crippen LogP contribution in [0.1, 0.15) is 38.2 Å². The number of carbonyl (C=O) groups excluding carboxylic acids is 1. The number of pyridine rings is 1. The fourth-order valence-electron chi connectivity index (χ4n) is 8.70. The van der Waals surface area contributed by atoms with Gasteiger partial charge in [0.25, 0.3) is 0 Å². The first-order valence-corrected chi connectivity index (χ1v) is 16.3. The summed E-state index contributed by atoms with van der Waals surface area (Å²) in [5.41, 5.74) is 0.0703. The Kier molecular flexibility index (Phi) is 7.19. The van der Waals surface area contributed by atoms with Crippen molar-refractivity contribution in [2.24, 2.45) is 17.8 Å². The summed E-state index contributed by atoms with van der Waals surface area (Å²) in [5.74, 6) is -0.928. The number of aromatic hydroxyl groups is 1. The number of anilines is 1. The molecule has 5 atom stereocenters. The fourth-order valence-corrected chi connectivity index (χ4v) is 8.70. The highest BCUT2D eigenvalue weighted by Gasteiger charge is 2.52. The van der Waals surface area contributed by atoms with Gasteiger partial charge in [0.1, 0.15) is 41.4 Å². The quantitative estimate of drug-likeness (QED) is 0.257. The van der Waals surface area contributed by atoms with Crippen molar-refractivity contribution in [1.82, 2.24) is 19.9 Å². The minimum atomic E-state index is -0.934. The average molecular weight is 648 g/mol. The number of alkyl halides is 1. The molecule has 1 N–H and O–H groups in total. The molecule has 4 fully saturated rings. The Balaban J connectivity index is 1.25. The number of esters is 1. The number of nitrogens with zero attached hydrogens (tertiary/aromatic N) is 5. The van der Waals surface area contributed by atoms with Gasteiger partial charge in [-0.05, 0) is 78.6 Å². The topological polar surface area (TPSA) is 101 Å². The molecule has 0 amide bonds. The molecule has 0 bridgehead atoms. The van der Waals surface area contributed by atoms with Crippen molar-refractivity contribution in [2.45, 2.75) is 50.7 Å². The van der Waals surface area contributed by atoms with Crippen molar-refractivity contribution < 1.29 is 32.5 Å². The predicted molar refractivity (Wildman–Crippen MR) is 169 cm³/mol. The van der Waals surface area contributed by atoms with E-state index in [1.165, 1.54) is 31.5 Å². The van der Waals surface area contributed by atoms with Gasteiger partial charge in [-0.1, -0.05) is 13.0 Å². The molecule has 3 aliphatic heterocycles. The highest BCUT2D eigenvalue weighted by atomic mass is 19.1. The molecular formula is C35H36F3N5O4. The molecule has 2 aromatic heterocycles. The van der Waals surface area contributed by atoms with E-state index in [0.717, 1.165) is 19.4 Å². The number of ether oxygens (including phenoxy) is 2. The number of rotatable bonds is 7. The third-order valence-electron chi connectivity index (χ3n) is 11.0. The molecule has 2 aromatic carbocycles. The summed E-state index contributed by atoms with van der Waals surface area (Å²) in [6.07, 6.45) is 3.73. The molecule has 0 spiro atoms. The fraction of sp³-hybridized carbons (Fsp3) is 0.486. The molecule has 246 valence electrons. The smallest absolute Gasteiger partial charge is 0.319 e. The maximum atomic E-state index is 16.9. The maximum absolute atomic E-state index is 16.9. The lowest BCUT2D eigenvalue weighted by Crippen LogP contribution is -2.43. The standard InChI is InChI=1S/C35H36F3N5O4/c1-3-22-27(37)6-5-18-9-21(44)11-24(28(18)22)30-29(38)31-25(13-39-30)32(42-14-19-10-23(26(19)16-42)33(45)46-2)41-34(40-31)47-17-35-7-4-8-43(35)15-20(36)12-35/h5-6,9,11,13,19-20,23,26,44H,3-4,7-8,10,12,14-17H2,1-2H3/t19?,20-,23?,26?,35+/m1/s1. The van der Waals surface area contributed by atoms with Crippen molar-refractivity contribution >= 4 is 33.5 Å². The van der Waals surface area contributed by atoms with Gasteiger partial charge in [0.2, 0.25) is 0 Å². The van der Waals surface area contributed by atoms with E-state index in [1.54, 1.807) is 6.07 Å². The molecule has 3 saturated heterocycles. The maximum Gasteiger partial charge on any atom is 0.319 e. The van der Waals surface area contributed by atoms with Crippen LogP contribution in [0.4, 0.5) is 19.0 Å². The molecular weight excluding hydrogens is 611 g/mol. The third kappa shape index (κ3) is 4.77. The first-order valence-electron chi connectivity index (χ1n) is 16.3. The van der Waals surface area contributed by atoms with Crippen LogP contribution in [-0.2, 0) is 16.0 Å². The zero-order valence-electron chi connectivity index (χ0n) is 26.3. The van der Waals surface area contributed by atoms with Gasteiger partial charge in [-0.15, -0.1) is 0 Å². The van der Waals surface area contributed by atoms with Crippen LogP contribution in [0.3, 0.4) is 0 Å². The van der Waals surface area contributed by atoms with E-state index in [-0.39, 0.29) is 58.9 Å². The molecule has 12 heteroatoms. The van der Waals surface area contributed by atoms with Crippen LogP contribution in [-0.4, -0.2) is 82.5 Å². The van der Waals surface area contributed by atoms with Gasteiger partial charge in [-0.25, -0.2) is 13.2 Å². The van der Waals surface area contributed by atoms with Crippen LogP contribution >= 0.6 is 0 Å². The molecule has 4 aromatic rings. The van der Waals surface area contributed by atoms with Crippen molar-refractivity contribution in [3.05, 3.63) is 47.7 Å². The lowest BCUT2D eigenvalue weighted by molar-refractivity contribution is -0.153. The van der Waals surface area contributed by atoms with Gasteiger partial charge in [-0.3, -0.25) is 14.7 Å². The molecule has 1 aliphatic carbocycles. The largest absolute Gasteiger partial charge is 0.508 e. The minimum absolute atomic E-state index is 0.0275. The summed E-state index contributed by atoms with van der Waals surface area (Å²) in [6.45, 7) is 4.29.